The summed E-state index contributed by atoms with van der Waals surface area (Å²) in [4.78, 5) is 13.1. The lowest BCUT2D eigenvalue weighted by atomic mass is 10.1. The maximum atomic E-state index is 13.1. The largest absolute Gasteiger partial charge is 0.508 e. The number of hydrogen-bond donors (Lipinski definition) is 3. The lowest BCUT2D eigenvalue weighted by Crippen LogP contribution is -2.21. The third-order valence-corrected chi connectivity index (χ3v) is 7.91. The number of nitrogens with two attached hydrogens (primary N) is 1. The Bertz CT molecular complexity index is 1850. The molecular weight excluding hydrogens is 580 g/mol. The summed E-state index contributed by atoms with van der Waals surface area (Å²) in [6.07, 6.45) is 1.41. The zero-order valence-corrected chi connectivity index (χ0v) is 26.2. The maximum Gasteiger partial charge on any atom is 0.251 e. The normalized spacial score (nSPS) is 14.1. The van der Waals surface area contributed by atoms with Crippen LogP contribution in [-0.4, -0.2) is 22.6 Å². The predicted molar refractivity (Wildman–Crippen MR) is 180 cm³/mol. The van der Waals surface area contributed by atoms with Crippen molar-refractivity contribution in [1.29, 1.82) is 0 Å². The van der Waals surface area contributed by atoms with Crippen molar-refractivity contribution < 1.29 is 19.3 Å². The quantitative estimate of drug-likeness (QED) is 0.127. The Morgan fingerprint density at radius 3 is 2.33 bits per heavy atom. The smallest absolute Gasteiger partial charge is 0.251 e. The van der Waals surface area contributed by atoms with E-state index >= 15 is 0 Å². The number of nitrogens with one attached hydrogen (secondary N) is 1. The molecule has 1 atom stereocenters. The molecule has 0 aliphatic carbocycles. The number of aromatic hydroxyl groups is 1. The van der Waals surface area contributed by atoms with Crippen molar-refractivity contribution in [2.24, 2.45) is 11.7 Å². The molecule has 4 N–H and O–H groups in total. The minimum absolute atomic E-state index is 0.0983. The molecule has 9 nitrogen and oxygen atoms in total. The second-order valence-corrected chi connectivity index (χ2v) is 12.0. The maximum absolute atomic E-state index is 13.1. The Labute approximate surface area is 268 Å². The van der Waals surface area contributed by atoms with Crippen molar-refractivity contribution in [2.75, 3.05) is 11.6 Å². The highest BCUT2D eigenvalue weighted by molar-refractivity contribution is 5.85. The van der Waals surface area contributed by atoms with E-state index in [1.807, 2.05) is 77.8 Å². The molecule has 1 fully saturated rings. The van der Waals surface area contributed by atoms with E-state index in [-0.39, 0.29) is 24.2 Å². The summed E-state index contributed by atoms with van der Waals surface area (Å²) >= 11 is 0. The monoisotopic (exact) mass is 620 g/mol. The van der Waals surface area contributed by atoms with E-state index in [1.54, 1.807) is 22.8 Å². The Morgan fingerprint density at radius 1 is 0.826 bits per heavy atom. The standard InChI is InChI=1S/C37H40N4O5/c1-25(2)16-18-44-32-20-28(21-33(22-32)45-23-27-5-3-7-30(19-27)41-37(38)39-41)24-46-34-8-4-6-29-11-14-35(43)40(36(29)34)17-15-26-9-12-31(42)13-10-26/h3-14,19-22,25,37,39,42H,15-18,23-24,38H2,1-2H3. The molecule has 1 unspecified atom stereocenters. The lowest BCUT2D eigenvalue weighted by molar-refractivity contribution is 0.275. The van der Waals surface area contributed by atoms with Crippen LogP contribution >= 0.6 is 0 Å². The van der Waals surface area contributed by atoms with Crippen molar-refractivity contribution in [1.82, 2.24) is 9.99 Å². The summed E-state index contributed by atoms with van der Waals surface area (Å²) in [5, 5.41) is 12.4. The molecule has 4 aromatic carbocycles. The average molecular weight is 621 g/mol. The van der Waals surface area contributed by atoms with Gasteiger partial charge in [0.15, 0.2) is 6.29 Å². The van der Waals surface area contributed by atoms with Gasteiger partial charge in [-0.1, -0.05) is 50.2 Å². The van der Waals surface area contributed by atoms with E-state index in [1.165, 1.54) is 0 Å². The molecule has 0 amide bonds. The van der Waals surface area contributed by atoms with Crippen molar-refractivity contribution >= 4 is 16.6 Å². The number of anilines is 1. The van der Waals surface area contributed by atoms with Gasteiger partial charge in [0.1, 0.15) is 36.2 Å². The molecule has 238 valence electrons. The second-order valence-electron chi connectivity index (χ2n) is 12.0. The van der Waals surface area contributed by atoms with Crippen LogP contribution in [0.15, 0.2) is 102 Å². The number of aryl methyl sites for hydroxylation is 2. The number of benzene rings is 4. The lowest BCUT2D eigenvalue weighted by Gasteiger charge is -2.16. The van der Waals surface area contributed by atoms with E-state index in [9.17, 15) is 9.90 Å². The van der Waals surface area contributed by atoms with Crippen LogP contribution in [0.1, 0.15) is 37.0 Å². The van der Waals surface area contributed by atoms with Gasteiger partial charge in [0, 0.05) is 24.1 Å². The summed E-state index contributed by atoms with van der Waals surface area (Å²) in [7, 11) is 0. The van der Waals surface area contributed by atoms with Crippen molar-refractivity contribution in [2.45, 2.75) is 52.7 Å². The van der Waals surface area contributed by atoms with Gasteiger partial charge in [0.25, 0.3) is 5.56 Å². The molecule has 2 heterocycles. The Hall–Kier alpha value is -4.99. The summed E-state index contributed by atoms with van der Waals surface area (Å²) in [5.74, 6) is 2.75. The fraction of sp³-hybridized carbons (Fsp3) is 0.270. The third-order valence-electron chi connectivity index (χ3n) is 7.91. The highest BCUT2D eigenvalue weighted by atomic mass is 16.5. The molecule has 9 heteroatoms. The zero-order valence-electron chi connectivity index (χ0n) is 26.2. The number of ether oxygens (including phenoxy) is 3. The van der Waals surface area contributed by atoms with Gasteiger partial charge in [-0.25, -0.2) is 0 Å². The molecule has 1 aromatic heterocycles. The Balaban J connectivity index is 1.22. The van der Waals surface area contributed by atoms with E-state index in [4.69, 9.17) is 19.9 Å². The number of nitrogens with zero attached hydrogens (tertiary/aromatic N) is 2. The molecule has 6 rings (SSSR count). The second kappa shape index (κ2) is 14.0. The minimum atomic E-state index is -0.158. The highest BCUT2D eigenvalue weighted by Crippen LogP contribution is 2.29. The Kier molecular flexibility index (Phi) is 9.42. The van der Waals surface area contributed by atoms with E-state index in [0.29, 0.717) is 49.3 Å². The fourth-order valence-corrected chi connectivity index (χ4v) is 5.33. The molecule has 1 aliphatic rings. The molecule has 1 aliphatic heterocycles. The van der Waals surface area contributed by atoms with Gasteiger partial charge in [-0.3, -0.25) is 15.5 Å². The van der Waals surface area contributed by atoms with Crippen LogP contribution in [0, 0.1) is 5.92 Å². The number of para-hydroxylation sites is 1. The van der Waals surface area contributed by atoms with Crippen LogP contribution in [0.4, 0.5) is 5.69 Å². The van der Waals surface area contributed by atoms with Crippen LogP contribution in [0.25, 0.3) is 10.9 Å². The van der Waals surface area contributed by atoms with E-state index < -0.39 is 0 Å². The van der Waals surface area contributed by atoms with E-state index in [2.05, 4.69) is 25.3 Å². The minimum Gasteiger partial charge on any atom is -0.508 e. The molecule has 0 spiro atoms. The number of phenolic OH excluding ortho intramolecular Hbond substituents is 1. The topological polar surface area (TPSA) is 121 Å². The van der Waals surface area contributed by atoms with Crippen molar-refractivity contribution in [3.63, 3.8) is 0 Å². The fourth-order valence-electron chi connectivity index (χ4n) is 5.33. The van der Waals surface area contributed by atoms with Crippen molar-refractivity contribution in [3.8, 4) is 23.0 Å². The number of hydrogen-bond acceptors (Lipinski definition) is 8. The molecule has 0 saturated carbocycles. The number of hydrazine groups is 1. The molecule has 0 bridgehead atoms. The SMILES string of the molecule is CC(C)CCOc1cc(COc2cccc3ccc(=O)n(CCc4ccc(O)cc4)c23)cc(OCc2cccc(N3NC3N)c2)c1. The van der Waals surface area contributed by atoms with Gasteiger partial charge in [-0.2, -0.15) is 5.43 Å². The summed E-state index contributed by atoms with van der Waals surface area (Å²) < 4.78 is 20.6. The van der Waals surface area contributed by atoms with Gasteiger partial charge in [0.05, 0.1) is 17.8 Å². The zero-order chi connectivity index (χ0) is 32.0. The van der Waals surface area contributed by atoms with Gasteiger partial charge >= 0.3 is 0 Å². The summed E-state index contributed by atoms with van der Waals surface area (Å²) in [6.45, 7) is 6.05. The van der Waals surface area contributed by atoms with Crippen molar-refractivity contribution in [3.05, 3.63) is 124 Å². The first-order valence-corrected chi connectivity index (χ1v) is 15.7. The van der Waals surface area contributed by atoms with Crippen LogP contribution in [-0.2, 0) is 26.2 Å². The number of phenols is 1. The molecule has 1 saturated heterocycles. The first-order valence-electron chi connectivity index (χ1n) is 15.7. The number of rotatable bonds is 14. The molecule has 46 heavy (non-hydrogen) atoms. The van der Waals surface area contributed by atoms with Gasteiger partial charge in [-0.05, 0) is 84.0 Å². The first-order chi connectivity index (χ1) is 22.3. The van der Waals surface area contributed by atoms with Gasteiger partial charge in [0.2, 0.25) is 0 Å². The number of aromatic nitrogens is 1. The van der Waals surface area contributed by atoms with Gasteiger partial charge in [-0.15, -0.1) is 0 Å². The number of fused-ring (bicyclic) bond motifs is 1. The van der Waals surface area contributed by atoms with Gasteiger partial charge < -0.3 is 23.9 Å². The summed E-state index contributed by atoms with van der Waals surface area (Å²) in [6, 6.07) is 30.2. The third kappa shape index (κ3) is 7.80. The van der Waals surface area contributed by atoms with Crippen LogP contribution in [0.5, 0.6) is 23.0 Å². The molecular formula is C37H40N4O5. The first kappa shape index (κ1) is 31.0. The van der Waals surface area contributed by atoms with Crippen LogP contribution in [0.2, 0.25) is 0 Å². The Morgan fingerprint density at radius 2 is 1.57 bits per heavy atom. The average Bonchev–Trinajstić information content (AvgIpc) is 3.79. The van der Waals surface area contributed by atoms with E-state index in [0.717, 1.165) is 39.7 Å². The van der Waals surface area contributed by atoms with Crippen LogP contribution in [0.3, 0.4) is 0 Å². The molecule has 5 aromatic rings. The predicted octanol–water partition coefficient (Wildman–Crippen LogP) is 6.10. The van der Waals surface area contributed by atoms with Crippen LogP contribution < -0.4 is 35.9 Å². The number of pyridine rings is 1. The molecule has 0 radical (unpaired) electrons. The highest BCUT2D eigenvalue weighted by Gasteiger charge is 2.29. The summed E-state index contributed by atoms with van der Waals surface area (Å²) in [5.41, 5.74) is 13.5.